The van der Waals surface area contributed by atoms with Crippen molar-refractivity contribution in [1.29, 1.82) is 5.26 Å². The van der Waals surface area contributed by atoms with Gasteiger partial charge >= 0.3 is 0 Å². The van der Waals surface area contributed by atoms with E-state index in [9.17, 15) is 5.26 Å². The fourth-order valence-electron chi connectivity index (χ4n) is 3.34. The third-order valence-electron chi connectivity index (χ3n) is 4.84. The normalized spacial score (nSPS) is 25.8. The van der Waals surface area contributed by atoms with Gasteiger partial charge in [-0.25, -0.2) is 0 Å². The van der Waals surface area contributed by atoms with Gasteiger partial charge in [-0.3, -0.25) is 0 Å². The van der Waals surface area contributed by atoms with Gasteiger partial charge in [0.1, 0.15) is 4.75 Å². The zero-order valence-electron chi connectivity index (χ0n) is 11.7. The summed E-state index contributed by atoms with van der Waals surface area (Å²) in [5, 5.41) is 9.27. The van der Waals surface area contributed by atoms with Crippen LogP contribution in [0.4, 0.5) is 0 Å². The molecule has 0 radical (unpaired) electrons. The van der Waals surface area contributed by atoms with Crippen LogP contribution in [0.1, 0.15) is 51.4 Å². The molecule has 102 valence electrons. The largest absolute Gasteiger partial charge is 0.303 e. The maximum atomic E-state index is 9.27. The first-order valence-corrected chi connectivity index (χ1v) is 8.69. The van der Waals surface area contributed by atoms with Crippen molar-refractivity contribution in [3.8, 4) is 6.07 Å². The van der Waals surface area contributed by atoms with Crippen molar-refractivity contribution in [2.45, 2.75) is 56.1 Å². The van der Waals surface area contributed by atoms with Crippen molar-refractivity contribution >= 4 is 11.8 Å². The molecule has 2 aliphatic rings. The average Bonchev–Trinajstić information content (AvgIpc) is 2.47. The number of likely N-dealkylation sites (tertiary alicyclic amines) is 1. The van der Waals surface area contributed by atoms with Crippen LogP contribution in [0.15, 0.2) is 0 Å². The first-order chi connectivity index (χ1) is 8.78. The van der Waals surface area contributed by atoms with Crippen molar-refractivity contribution in [3.63, 3.8) is 0 Å². The summed E-state index contributed by atoms with van der Waals surface area (Å²) in [7, 11) is 0. The fourth-order valence-corrected chi connectivity index (χ4v) is 4.02. The Kier molecular flexibility index (Phi) is 5.38. The van der Waals surface area contributed by atoms with Gasteiger partial charge in [0.2, 0.25) is 0 Å². The van der Waals surface area contributed by atoms with E-state index in [1.165, 1.54) is 45.1 Å². The standard InChI is InChI=1S/C15H26N2S/c1-18-15(13-16)8-11-17(12-9-15)10-7-14-5-3-2-4-6-14/h14H,2-12H2,1H3. The molecule has 1 saturated heterocycles. The first-order valence-electron chi connectivity index (χ1n) is 7.47. The van der Waals surface area contributed by atoms with E-state index in [0.29, 0.717) is 0 Å². The number of nitrogens with zero attached hydrogens (tertiary/aromatic N) is 2. The average molecular weight is 266 g/mol. The number of hydrogen-bond donors (Lipinski definition) is 0. The summed E-state index contributed by atoms with van der Waals surface area (Å²) in [5.41, 5.74) is 0. The molecule has 0 aromatic carbocycles. The van der Waals surface area contributed by atoms with Gasteiger partial charge in [0.15, 0.2) is 0 Å². The van der Waals surface area contributed by atoms with Gasteiger partial charge < -0.3 is 4.90 Å². The van der Waals surface area contributed by atoms with E-state index in [4.69, 9.17) is 0 Å². The molecule has 1 saturated carbocycles. The molecule has 0 bridgehead atoms. The Hall–Kier alpha value is -0.200. The number of rotatable bonds is 4. The molecule has 0 atom stereocenters. The Morgan fingerprint density at radius 3 is 2.44 bits per heavy atom. The predicted molar refractivity (Wildman–Crippen MR) is 78.7 cm³/mol. The molecular weight excluding hydrogens is 240 g/mol. The molecule has 0 N–H and O–H groups in total. The molecular formula is C15H26N2S. The van der Waals surface area contributed by atoms with Crippen LogP contribution < -0.4 is 0 Å². The van der Waals surface area contributed by atoms with Gasteiger partial charge in [0, 0.05) is 13.1 Å². The predicted octanol–water partition coefficient (Wildman–Crippen LogP) is 3.68. The van der Waals surface area contributed by atoms with Crippen molar-refractivity contribution in [3.05, 3.63) is 0 Å². The van der Waals surface area contributed by atoms with Crippen LogP contribution in [0.25, 0.3) is 0 Å². The van der Waals surface area contributed by atoms with E-state index < -0.39 is 0 Å². The molecule has 0 spiro atoms. The highest BCUT2D eigenvalue weighted by Crippen LogP contribution is 2.34. The molecule has 18 heavy (non-hydrogen) atoms. The molecule has 2 fully saturated rings. The number of piperidine rings is 1. The topological polar surface area (TPSA) is 27.0 Å². The van der Waals surface area contributed by atoms with Crippen LogP contribution in [-0.2, 0) is 0 Å². The summed E-state index contributed by atoms with van der Waals surface area (Å²) in [6, 6.07) is 2.53. The number of nitriles is 1. The maximum absolute atomic E-state index is 9.27. The minimum Gasteiger partial charge on any atom is -0.303 e. The summed E-state index contributed by atoms with van der Waals surface area (Å²) >= 11 is 1.75. The zero-order chi connectivity index (χ0) is 12.8. The number of thioether (sulfide) groups is 1. The van der Waals surface area contributed by atoms with Crippen LogP contribution >= 0.6 is 11.8 Å². The Morgan fingerprint density at radius 1 is 1.22 bits per heavy atom. The van der Waals surface area contributed by atoms with E-state index in [1.54, 1.807) is 11.8 Å². The van der Waals surface area contributed by atoms with E-state index in [2.05, 4.69) is 17.2 Å². The minimum absolute atomic E-state index is 0.0820. The van der Waals surface area contributed by atoms with Gasteiger partial charge in [-0.05, 0) is 38.0 Å². The van der Waals surface area contributed by atoms with Crippen molar-refractivity contribution in [2.24, 2.45) is 5.92 Å². The van der Waals surface area contributed by atoms with Crippen molar-refractivity contribution in [2.75, 3.05) is 25.9 Å². The van der Waals surface area contributed by atoms with E-state index in [0.717, 1.165) is 31.8 Å². The van der Waals surface area contributed by atoms with E-state index in [-0.39, 0.29) is 4.75 Å². The third-order valence-corrected chi connectivity index (χ3v) is 6.12. The van der Waals surface area contributed by atoms with E-state index in [1.807, 2.05) is 0 Å². The lowest BCUT2D eigenvalue weighted by Crippen LogP contribution is -2.42. The molecule has 0 aromatic rings. The smallest absolute Gasteiger partial charge is 0.104 e. The molecule has 1 aliphatic heterocycles. The maximum Gasteiger partial charge on any atom is 0.104 e. The molecule has 3 heteroatoms. The van der Waals surface area contributed by atoms with Crippen LogP contribution in [0, 0.1) is 17.2 Å². The highest BCUT2D eigenvalue weighted by molar-refractivity contribution is 8.00. The lowest BCUT2D eigenvalue weighted by molar-refractivity contribution is 0.192. The van der Waals surface area contributed by atoms with Gasteiger partial charge in [0.25, 0.3) is 0 Å². The van der Waals surface area contributed by atoms with Gasteiger partial charge in [-0.2, -0.15) is 5.26 Å². The summed E-state index contributed by atoms with van der Waals surface area (Å²) < 4.78 is -0.0820. The molecule has 0 amide bonds. The second-order valence-corrected chi connectivity index (χ2v) is 7.13. The minimum atomic E-state index is -0.0820. The zero-order valence-corrected chi connectivity index (χ0v) is 12.5. The first kappa shape index (κ1) is 14.2. The lowest BCUT2D eigenvalue weighted by atomic mass is 9.86. The molecule has 0 aromatic heterocycles. The van der Waals surface area contributed by atoms with Gasteiger partial charge in [-0.15, -0.1) is 11.8 Å². The van der Waals surface area contributed by atoms with Crippen molar-refractivity contribution < 1.29 is 0 Å². The molecule has 2 rings (SSSR count). The van der Waals surface area contributed by atoms with Gasteiger partial charge in [0.05, 0.1) is 6.07 Å². The third kappa shape index (κ3) is 3.65. The summed E-state index contributed by atoms with van der Waals surface area (Å²) in [6.45, 7) is 3.52. The Bertz CT molecular complexity index is 283. The lowest BCUT2D eigenvalue weighted by Gasteiger charge is -2.37. The highest BCUT2D eigenvalue weighted by atomic mass is 32.2. The van der Waals surface area contributed by atoms with Crippen molar-refractivity contribution in [1.82, 2.24) is 4.90 Å². The number of hydrogen-bond acceptors (Lipinski definition) is 3. The molecule has 1 aliphatic carbocycles. The second-order valence-electron chi connectivity index (χ2n) is 5.94. The SMILES string of the molecule is CSC1(C#N)CCN(CCC2CCCCC2)CC1. The molecule has 0 unspecified atom stereocenters. The van der Waals surface area contributed by atoms with Crippen LogP contribution in [-0.4, -0.2) is 35.5 Å². The summed E-state index contributed by atoms with van der Waals surface area (Å²) in [4.78, 5) is 2.58. The summed E-state index contributed by atoms with van der Waals surface area (Å²) in [6.07, 6.45) is 12.9. The fraction of sp³-hybridized carbons (Fsp3) is 0.933. The van der Waals surface area contributed by atoms with E-state index >= 15 is 0 Å². The Balaban J connectivity index is 1.69. The Labute approximate surface area is 116 Å². The Morgan fingerprint density at radius 2 is 1.89 bits per heavy atom. The monoisotopic (exact) mass is 266 g/mol. The van der Waals surface area contributed by atoms with Gasteiger partial charge in [-0.1, -0.05) is 32.1 Å². The second kappa shape index (κ2) is 6.82. The summed E-state index contributed by atoms with van der Waals surface area (Å²) in [5.74, 6) is 0.988. The van der Waals surface area contributed by atoms with Crippen LogP contribution in [0.2, 0.25) is 0 Å². The molecule has 1 heterocycles. The van der Waals surface area contributed by atoms with Crippen LogP contribution in [0.5, 0.6) is 0 Å². The quantitative estimate of drug-likeness (QED) is 0.776. The van der Waals surface area contributed by atoms with Crippen LogP contribution in [0.3, 0.4) is 0 Å². The molecule has 2 nitrogen and oxygen atoms in total. The highest BCUT2D eigenvalue weighted by Gasteiger charge is 2.33.